The highest BCUT2D eigenvalue weighted by atomic mass is 35.5. The first-order valence-electron chi connectivity index (χ1n) is 8.47. The minimum atomic E-state index is -0.130. The van der Waals surface area contributed by atoms with Crippen LogP contribution >= 0.6 is 11.6 Å². The van der Waals surface area contributed by atoms with Crippen LogP contribution in [0.25, 0.3) is 0 Å². The molecule has 2 fully saturated rings. The first-order chi connectivity index (χ1) is 10.3. The summed E-state index contributed by atoms with van der Waals surface area (Å²) in [7, 11) is 3.48. The molecule has 0 aromatic heterocycles. The van der Waals surface area contributed by atoms with Gasteiger partial charge in [-0.1, -0.05) is 20.8 Å². The van der Waals surface area contributed by atoms with Crippen molar-refractivity contribution in [1.29, 1.82) is 0 Å². The lowest BCUT2D eigenvalue weighted by molar-refractivity contribution is -0.103. The Bertz CT molecular complexity index is 361. The maximum atomic E-state index is 6.56. The van der Waals surface area contributed by atoms with Gasteiger partial charge in [-0.2, -0.15) is 0 Å². The number of hydrogen-bond donors (Lipinski definition) is 2. The number of rotatable bonds is 3. The summed E-state index contributed by atoms with van der Waals surface area (Å²) in [4.78, 5) is 0. The van der Waals surface area contributed by atoms with Gasteiger partial charge < -0.3 is 14.8 Å². The Labute approximate surface area is 140 Å². The van der Waals surface area contributed by atoms with Crippen LogP contribution in [0.2, 0.25) is 0 Å². The molecule has 0 radical (unpaired) electrons. The van der Waals surface area contributed by atoms with E-state index >= 15 is 0 Å². The molecule has 0 spiro atoms. The van der Waals surface area contributed by atoms with Gasteiger partial charge in [-0.25, -0.2) is 0 Å². The lowest BCUT2D eigenvalue weighted by Gasteiger charge is -2.50. The second-order valence-electron chi connectivity index (χ2n) is 8.08. The fraction of sp³-hybridized carbons (Fsp3) is 1.00. The van der Waals surface area contributed by atoms with Crippen LogP contribution in [0, 0.1) is 23.2 Å². The molecule has 7 unspecified atom stereocenters. The monoisotopic (exact) mass is 332 g/mol. The molecule has 2 rings (SSSR count). The molecule has 2 aliphatic heterocycles. The van der Waals surface area contributed by atoms with Crippen LogP contribution in [0.3, 0.4) is 0 Å². The predicted molar refractivity (Wildman–Crippen MR) is 91.0 cm³/mol. The molecule has 0 aromatic rings. The van der Waals surface area contributed by atoms with E-state index < -0.39 is 0 Å². The Morgan fingerprint density at radius 1 is 1.00 bits per heavy atom. The van der Waals surface area contributed by atoms with Crippen molar-refractivity contribution in [2.24, 2.45) is 23.2 Å². The predicted octanol–water partition coefficient (Wildman–Crippen LogP) is 2.81. The summed E-state index contributed by atoms with van der Waals surface area (Å²) in [6, 6.07) is 0.551. The topological polar surface area (TPSA) is 42.5 Å². The standard InChI is InChI=1S/C17H33ClN2O2/c1-10-7-11(13(9-19-10)17(2,3)4)12-8-14(18)16(22-6)20-15(12)21-5/h10-16,19-20H,7-9H2,1-6H3. The fourth-order valence-corrected chi connectivity index (χ4v) is 4.69. The van der Waals surface area contributed by atoms with E-state index in [0.29, 0.717) is 23.8 Å². The summed E-state index contributed by atoms with van der Waals surface area (Å²) < 4.78 is 11.2. The highest BCUT2D eigenvalue weighted by Gasteiger charge is 2.46. The van der Waals surface area contributed by atoms with E-state index in [0.717, 1.165) is 13.0 Å². The zero-order valence-corrected chi connectivity index (χ0v) is 15.6. The molecule has 0 bridgehead atoms. The van der Waals surface area contributed by atoms with Crippen molar-refractivity contribution < 1.29 is 9.47 Å². The van der Waals surface area contributed by atoms with E-state index in [4.69, 9.17) is 21.1 Å². The van der Waals surface area contributed by atoms with Crippen LogP contribution in [-0.2, 0) is 9.47 Å². The van der Waals surface area contributed by atoms with Crippen LogP contribution in [-0.4, -0.2) is 44.6 Å². The fourth-order valence-electron chi connectivity index (χ4n) is 4.31. The molecule has 22 heavy (non-hydrogen) atoms. The van der Waals surface area contributed by atoms with Crippen molar-refractivity contribution in [3.05, 3.63) is 0 Å². The molecule has 7 atom stereocenters. The Morgan fingerprint density at radius 3 is 2.18 bits per heavy atom. The minimum Gasteiger partial charge on any atom is -0.366 e. The van der Waals surface area contributed by atoms with E-state index in [9.17, 15) is 0 Å². The van der Waals surface area contributed by atoms with Gasteiger partial charge in [0.25, 0.3) is 0 Å². The lowest BCUT2D eigenvalue weighted by Crippen LogP contribution is -2.60. The summed E-state index contributed by atoms with van der Waals surface area (Å²) in [5, 5.41) is 7.09. The zero-order valence-electron chi connectivity index (χ0n) is 14.9. The normalized spacial score (nSPS) is 44.0. The van der Waals surface area contributed by atoms with Crippen LogP contribution in [0.4, 0.5) is 0 Å². The third-order valence-electron chi connectivity index (χ3n) is 5.54. The molecule has 0 aliphatic carbocycles. The Hall–Kier alpha value is 0.130. The molecule has 0 saturated carbocycles. The molecular formula is C17H33ClN2O2. The van der Waals surface area contributed by atoms with Gasteiger partial charge in [0.05, 0.1) is 5.38 Å². The quantitative estimate of drug-likeness (QED) is 0.780. The van der Waals surface area contributed by atoms with Crippen molar-refractivity contribution in [3.8, 4) is 0 Å². The van der Waals surface area contributed by atoms with Crippen LogP contribution in [0.1, 0.15) is 40.5 Å². The van der Waals surface area contributed by atoms with Gasteiger partial charge >= 0.3 is 0 Å². The Kier molecular flexibility index (Phi) is 6.17. The second-order valence-corrected chi connectivity index (χ2v) is 8.64. The van der Waals surface area contributed by atoms with Gasteiger partial charge in [-0.15, -0.1) is 11.6 Å². The summed E-state index contributed by atoms with van der Waals surface area (Å²) in [6.07, 6.45) is 2.00. The maximum Gasteiger partial charge on any atom is 0.126 e. The molecule has 4 nitrogen and oxygen atoms in total. The molecule has 2 N–H and O–H groups in total. The number of halogens is 1. The third kappa shape index (κ3) is 3.96. The Balaban J connectivity index is 2.21. The summed E-state index contributed by atoms with van der Waals surface area (Å²) in [5.41, 5.74) is 0.274. The van der Waals surface area contributed by atoms with Crippen LogP contribution in [0.15, 0.2) is 0 Å². The third-order valence-corrected chi connectivity index (χ3v) is 5.95. The smallest absolute Gasteiger partial charge is 0.126 e. The maximum absolute atomic E-state index is 6.56. The number of methoxy groups -OCH3 is 2. The molecule has 130 valence electrons. The van der Waals surface area contributed by atoms with Crippen LogP contribution < -0.4 is 10.6 Å². The molecular weight excluding hydrogens is 300 g/mol. The van der Waals surface area contributed by atoms with Crippen molar-refractivity contribution in [3.63, 3.8) is 0 Å². The molecule has 5 heteroatoms. The average molecular weight is 333 g/mol. The SMILES string of the molecule is COC1NC(OC)C(C2CC(C)NCC2C(C)(C)C)CC1Cl. The number of ether oxygens (including phenoxy) is 2. The van der Waals surface area contributed by atoms with E-state index in [-0.39, 0.29) is 23.2 Å². The summed E-state index contributed by atoms with van der Waals surface area (Å²) in [5.74, 6) is 1.65. The molecule has 2 heterocycles. The summed E-state index contributed by atoms with van der Waals surface area (Å²) in [6.45, 7) is 10.4. The van der Waals surface area contributed by atoms with Crippen molar-refractivity contribution in [1.82, 2.24) is 10.6 Å². The first-order valence-corrected chi connectivity index (χ1v) is 8.90. The highest BCUT2D eigenvalue weighted by Crippen LogP contribution is 2.44. The highest BCUT2D eigenvalue weighted by molar-refractivity contribution is 6.21. The van der Waals surface area contributed by atoms with Gasteiger partial charge in [-0.3, -0.25) is 5.32 Å². The number of alkyl halides is 1. The van der Waals surface area contributed by atoms with E-state index in [2.05, 4.69) is 38.3 Å². The molecule has 0 amide bonds. The summed E-state index contributed by atoms with van der Waals surface area (Å²) >= 11 is 6.56. The van der Waals surface area contributed by atoms with E-state index in [1.54, 1.807) is 14.2 Å². The number of nitrogens with one attached hydrogen (secondary N) is 2. The lowest BCUT2D eigenvalue weighted by atomic mass is 9.63. The van der Waals surface area contributed by atoms with Gasteiger partial charge in [0.2, 0.25) is 0 Å². The largest absolute Gasteiger partial charge is 0.366 e. The second kappa shape index (κ2) is 7.35. The van der Waals surface area contributed by atoms with Crippen molar-refractivity contribution in [2.45, 2.75) is 64.4 Å². The van der Waals surface area contributed by atoms with Crippen LogP contribution in [0.5, 0.6) is 0 Å². The Morgan fingerprint density at radius 2 is 1.64 bits per heavy atom. The van der Waals surface area contributed by atoms with E-state index in [1.165, 1.54) is 6.42 Å². The first kappa shape index (κ1) is 18.5. The average Bonchev–Trinajstić information content (AvgIpc) is 2.45. The molecule has 2 saturated heterocycles. The minimum absolute atomic E-state index is 0.00721. The van der Waals surface area contributed by atoms with Gasteiger partial charge in [0.15, 0.2) is 0 Å². The number of hydrogen-bond acceptors (Lipinski definition) is 4. The van der Waals surface area contributed by atoms with E-state index in [1.807, 2.05) is 0 Å². The van der Waals surface area contributed by atoms with Gasteiger partial charge in [0.1, 0.15) is 12.5 Å². The molecule has 0 aromatic carbocycles. The zero-order chi connectivity index (χ0) is 16.5. The number of piperidine rings is 2. The molecule has 2 aliphatic rings. The van der Waals surface area contributed by atoms with Gasteiger partial charge in [0, 0.05) is 26.2 Å². The van der Waals surface area contributed by atoms with Gasteiger partial charge in [-0.05, 0) is 43.6 Å². The van der Waals surface area contributed by atoms with Crippen molar-refractivity contribution in [2.75, 3.05) is 20.8 Å². The van der Waals surface area contributed by atoms with Crippen molar-refractivity contribution >= 4 is 11.6 Å².